The second-order valence-electron chi connectivity index (χ2n) is 5.13. The molecule has 3 heteroatoms. The van der Waals surface area contributed by atoms with Crippen LogP contribution in [-0.4, -0.2) is 4.57 Å². The summed E-state index contributed by atoms with van der Waals surface area (Å²) in [5.74, 6) is 1.22. The quantitative estimate of drug-likeness (QED) is 0.587. The van der Waals surface area contributed by atoms with Crippen molar-refractivity contribution in [2.45, 2.75) is 6.92 Å². The fourth-order valence-corrected chi connectivity index (χ4v) is 2.73. The minimum atomic E-state index is 1.22. The van der Waals surface area contributed by atoms with Gasteiger partial charge in [0.15, 0.2) is 17.2 Å². The molecule has 2 heterocycles. The lowest BCUT2D eigenvalue weighted by atomic mass is 10.2. The number of para-hydroxylation sites is 2. The molecule has 19 heavy (non-hydrogen) atoms. The van der Waals surface area contributed by atoms with Gasteiger partial charge in [-0.25, -0.2) is 9.13 Å². The molecule has 1 aromatic carbocycles. The van der Waals surface area contributed by atoms with E-state index in [4.69, 9.17) is 0 Å². The van der Waals surface area contributed by atoms with Crippen molar-refractivity contribution in [2.24, 2.45) is 21.1 Å². The highest BCUT2D eigenvalue weighted by Crippen LogP contribution is 2.19. The van der Waals surface area contributed by atoms with Crippen molar-refractivity contribution in [1.29, 1.82) is 0 Å². The van der Waals surface area contributed by atoms with Crippen LogP contribution in [0.4, 0.5) is 0 Å². The van der Waals surface area contributed by atoms with Gasteiger partial charge in [-0.05, 0) is 24.6 Å². The van der Waals surface area contributed by atoms with E-state index in [0.29, 0.717) is 0 Å². The van der Waals surface area contributed by atoms with E-state index in [9.17, 15) is 0 Å². The van der Waals surface area contributed by atoms with E-state index in [1.54, 1.807) is 0 Å². The zero-order chi connectivity index (χ0) is 13.6. The highest BCUT2D eigenvalue weighted by Gasteiger charge is 2.27. The third-order valence-corrected chi connectivity index (χ3v) is 3.77. The Hall–Kier alpha value is -2.16. The number of imidazole rings is 1. The molecule has 0 N–H and O–H groups in total. The molecule has 2 aromatic heterocycles. The zero-order valence-electron chi connectivity index (χ0n) is 11.9. The van der Waals surface area contributed by atoms with Crippen molar-refractivity contribution in [3.8, 4) is 11.5 Å². The van der Waals surface area contributed by atoms with Crippen molar-refractivity contribution >= 4 is 11.0 Å². The maximum Gasteiger partial charge on any atom is 0.355 e. The standard InChI is InChI=1S/C16H19N3/c1-12-9-10-17(2)15(11-12)16-18(3)13-7-5-6-8-14(13)19(16)4/h5-11H,1-4H3/q+2. The molecule has 0 aliphatic heterocycles. The Morgan fingerprint density at radius 2 is 1.79 bits per heavy atom. The summed E-state index contributed by atoms with van der Waals surface area (Å²) in [6.07, 6.45) is 2.11. The molecule has 0 bridgehead atoms. The summed E-state index contributed by atoms with van der Waals surface area (Å²) in [6, 6.07) is 12.9. The topological polar surface area (TPSA) is 12.7 Å². The number of benzene rings is 1. The maximum absolute atomic E-state index is 2.25. The first kappa shape index (κ1) is 11.9. The number of rotatable bonds is 1. The van der Waals surface area contributed by atoms with Gasteiger partial charge in [-0.2, -0.15) is 4.57 Å². The van der Waals surface area contributed by atoms with Crippen LogP contribution in [-0.2, 0) is 21.1 Å². The van der Waals surface area contributed by atoms with E-state index < -0.39 is 0 Å². The van der Waals surface area contributed by atoms with Crippen LogP contribution in [0.5, 0.6) is 0 Å². The number of hydrogen-bond acceptors (Lipinski definition) is 0. The van der Waals surface area contributed by atoms with Gasteiger partial charge in [0.25, 0.3) is 5.69 Å². The molecule has 0 atom stereocenters. The van der Waals surface area contributed by atoms with Gasteiger partial charge in [-0.1, -0.05) is 12.1 Å². The van der Waals surface area contributed by atoms with Gasteiger partial charge < -0.3 is 0 Å². The van der Waals surface area contributed by atoms with Crippen LogP contribution >= 0.6 is 0 Å². The Morgan fingerprint density at radius 1 is 1.05 bits per heavy atom. The van der Waals surface area contributed by atoms with Crippen molar-refractivity contribution in [1.82, 2.24) is 4.57 Å². The Balaban J connectivity index is 2.40. The summed E-state index contributed by atoms with van der Waals surface area (Å²) in [6.45, 7) is 2.13. The summed E-state index contributed by atoms with van der Waals surface area (Å²) in [4.78, 5) is 0. The van der Waals surface area contributed by atoms with Crippen LogP contribution in [0.1, 0.15) is 5.56 Å². The summed E-state index contributed by atoms with van der Waals surface area (Å²) in [5.41, 5.74) is 5.00. The second-order valence-corrected chi connectivity index (χ2v) is 5.13. The average Bonchev–Trinajstić information content (AvgIpc) is 2.66. The third kappa shape index (κ3) is 1.73. The van der Waals surface area contributed by atoms with Gasteiger partial charge in [0.05, 0.1) is 14.1 Å². The van der Waals surface area contributed by atoms with Crippen LogP contribution in [0.25, 0.3) is 22.6 Å². The summed E-state index contributed by atoms with van der Waals surface area (Å²) in [7, 11) is 6.34. The fourth-order valence-electron chi connectivity index (χ4n) is 2.73. The van der Waals surface area contributed by atoms with Gasteiger partial charge in [0, 0.05) is 12.1 Å². The number of hydrogen-bond donors (Lipinski definition) is 0. The van der Waals surface area contributed by atoms with E-state index >= 15 is 0 Å². The molecule has 0 aliphatic rings. The number of aromatic nitrogens is 3. The molecule has 3 aromatic rings. The fraction of sp³-hybridized carbons (Fsp3) is 0.250. The molecule has 0 unspecified atom stereocenters. The predicted molar refractivity (Wildman–Crippen MR) is 75.4 cm³/mol. The monoisotopic (exact) mass is 253 g/mol. The Labute approximate surface area is 113 Å². The Kier molecular flexibility index (Phi) is 2.63. The number of nitrogens with zero attached hydrogens (tertiary/aromatic N) is 3. The normalized spacial score (nSPS) is 11.2. The number of pyridine rings is 1. The average molecular weight is 253 g/mol. The van der Waals surface area contributed by atoms with Crippen LogP contribution in [0.2, 0.25) is 0 Å². The highest BCUT2D eigenvalue weighted by molar-refractivity contribution is 5.74. The van der Waals surface area contributed by atoms with Crippen molar-refractivity contribution < 1.29 is 9.13 Å². The van der Waals surface area contributed by atoms with Crippen LogP contribution < -0.4 is 9.13 Å². The smallest absolute Gasteiger partial charge is 0.220 e. The largest absolute Gasteiger partial charge is 0.355 e. The summed E-state index contributed by atoms with van der Waals surface area (Å²) < 4.78 is 6.68. The molecule has 0 fully saturated rings. The van der Waals surface area contributed by atoms with Gasteiger partial charge >= 0.3 is 5.82 Å². The zero-order valence-corrected chi connectivity index (χ0v) is 11.9. The van der Waals surface area contributed by atoms with Crippen molar-refractivity contribution in [2.75, 3.05) is 0 Å². The summed E-state index contributed by atoms with van der Waals surface area (Å²) >= 11 is 0. The lowest BCUT2D eigenvalue weighted by molar-refractivity contribution is -0.680. The number of aryl methyl sites for hydroxylation is 4. The van der Waals surface area contributed by atoms with Crippen molar-refractivity contribution in [3.05, 3.63) is 48.2 Å². The van der Waals surface area contributed by atoms with E-state index in [1.807, 2.05) is 0 Å². The van der Waals surface area contributed by atoms with Crippen LogP contribution in [0.3, 0.4) is 0 Å². The molecule has 96 valence electrons. The molecule has 3 nitrogen and oxygen atoms in total. The predicted octanol–water partition coefficient (Wildman–Crippen LogP) is 1.80. The Morgan fingerprint density at radius 3 is 2.53 bits per heavy atom. The van der Waals surface area contributed by atoms with Gasteiger partial charge in [0.1, 0.15) is 7.05 Å². The van der Waals surface area contributed by atoms with Gasteiger partial charge in [0.2, 0.25) is 0 Å². The molecule has 0 radical (unpaired) electrons. The maximum atomic E-state index is 2.25. The lowest BCUT2D eigenvalue weighted by Crippen LogP contribution is -2.38. The number of fused-ring (bicyclic) bond motifs is 1. The van der Waals surface area contributed by atoms with Gasteiger partial charge in [-0.15, -0.1) is 0 Å². The SMILES string of the molecule is Cc1cc[n+](C)c(-c2n(C)c3ccccc3[n+]2C)c1. The molecule has 0 saturated carbocycles. The minimum absolute atomic E-state index is 1.22. The third-order valence-electron chi connectivity index (χ3n) is 3.77. The molecule has 3 rings (SSSR count). The molecule has 0 aliphatic carbocycles. The van der Waals surface area contributed by atoms with E-state index in [-0.39, 0.29) is 0 Å². The van der Waals surface area contributed by atoms with Crippen molar-refractivity contribution in [3.63, 3.8) is 0 Å². The molecule has 0 spiro atoms. The van der Waals surface area contributed by atoms with Gasteiger partial charge in [-0.3, -0.25) is 0 Å². The molecular formula is C16H19N3+2. The first-order valence-corrected chi connectivity index (χ1v) is 6.49. The van der Waals surface area contributed by atoms with E-state index in [1.165, 1.54) is 28.1 Å². The lowest BCUT2D eigenvalue weighted by Gasteiger charge is -1.99. The first-order chi connectivity index (χ1) is 9.09. The van der Waals surface area contributed by atoms with Crippen LogP contribution in [0.15, 0.2) is 42.6 Å². The molecular weight excluding hydrogens is 234 g/mol. The molecule has 0 saturated heterocycles. The summed E-state index contributed by atoms with van der Waals surface area (Å²) in [5, 5.41) is 0. The second kappa shape index (κ2) is 4.19. The first-order valence-electron chi connectivity index (χ1n) is 6.49. The highest BCUT2D eigenvalue weighted by atomic mass is 15.2. The van der Waals surface area contributed by atoms with E-state index in [0.717, 1.165) is 0 Å². The minimum Gasteiger partial charge on any atom is -0.220 e. The molecule has 0 amide bonds. The van der Waals surface area contributed by atoms with E-state index in [2.05, 4.69) is 84.4 Å². The Bertz CT molecular complexity index is 730. The van der Waals surface area contributed by atoms with Crippen LogP contribution in [0, 0.1) is 6.92 Å².